The number of likely N-dealkylation sites (N-methyl/N-ethyl adjacent to an activating group) is 1. The molecule has 2 aliphatic rings. The minimum atomic E-state index is -3.98. The number of methoxy groups -OCH3 is 3. The van der Waals surface area contributed by atoms with Gasteiger partial charge in [0.15, 0.2) is 23.5 Å². The lowest BCUT2D eigenvalue weighted by Gasteiger charge is -2.32. The number of carboxylic acid groups (broad SMARTS) is 1. The van der Waals surface area contributed by atoms with E-state index in [1.807, 2.05) is 139 Å². The molecule has 7 aromatic carbocycles. The van der Waals surface area contributed by atoms with Crippen molar-refractivity contribution in [3.8, 4) is 72.9 Å². The maximum Gasteiger partial charge on any atom is 0.496 e. The maximum absolute atomic E-state index is 13.7. The molecule has 4 N–H and O–H groups in total. The molecule has 2 aliphatic heterocycles. The number of aliphatic hydroxyl groups is 2. The first-order valence-corrected chi connectivity index (χ1v) is 38.1. The monoisotopic (exact) mass is 1500 g/mol. The number of aryl methyl sites for hydroxylation is 2. The van der Waals surface area contributed by atoms with Gasteiger partial charge in [-0.05, 0) is 149 Å². The van der Waals surface area contributed by atoms with Gasteiger partial charge in [0.05, 0.1) is 48.4 Å². The van der Waals surface area contributed by atoms with Gasteiger partial charge in [-0.3, -0.25) is 4.79 Å². The zero-order valence-corrected chi connectivity index (χ0v) is 63.4. The minimum Gasteiger partial charge on any atom is -0.496 e. The van der Waals surface area contributed by atoms with E-state index in [2.05, 4.69) is 26.0 Å². The van der Waals surface area contributed by atoms with Crippen molar-refractivity contribution in [3.05, 3.63) is 247 Å². The van der Waals surface area contributed by atoms with Crippen LogP contribution >= 0.6 is 0 Å². The highest BCUT2D eigenvalue weighted by Crippen LogP contribution is 2.43. The highest BCUT2D eigenvalue weighted by molar-refractivity contribution is 7.90. The average molecular weight is 1500 g/mol. The lowest BCUT2D eigenvalue weighted by molar-refractivity contribution is -0.147. The number of aliphatic carboxylic acids is 1. The molecule has 2 saturated heterocycles. The molecule has 3 atom stereocenters. The molecule has 2 fully saturated rings. The summed E-state index contributed by atoms with van der Waals surface area (Å²) in [6.07, 6.45) is 9.11. The third kappa shape index (κ3) is 15.4. The van der Waals surface area contributed by atoms with Gasteiger partial charge in [-0.1, -0.05) is 126 Å². The molecule has 22 nitrogen and oxygen atoms in total. The van der Waals surface area contributed by atoms with Gasteiger partial charge in [0.25, 0.3) is 26.0 Å². The number of hydrogen-bond acceptors (Lipinski definition) is 17. The number of ether oxygens (including phenoxy) is 4. The lowest BCUT2D eigenvalue weighted by Crippen LogP contribution is -2.41. The van der Waals surface area contributed by atoms with Crippen LogP contribution in [0.3, 0.4) is 0 Å². The van der Waals surface area contributed by atoms with Crippen LogP contribution in [-0.4, -0.2) is 143 Å². The number of rotatable bonds is 19. The normalized spacial score (nSPS) is 15.2. The van der Waals surface area contributed by atoms with Crippen LogP contribution < -0.4 is 19.7 Å². The summed E-state index contributed by atoms with van der Waals surface area (Å²) in [5.74, 6) is 0.291. The Morgan fingerprint density at radius 3 is 1.49 bits per heavy atom. The molecule has 0 aliphatic carbocycles. The van der Waals surface area contributed by atoms with Crippen LogP contribution in [0.4, 0.5) is 0 Å². The second kappa shape index (κ2) is 31.1. The van der Waals surface area contributed by atoms with Crippen LogP contribution in [0.25, 0.3) is 88.7 Å². The van der Waals surface area contributed by atoms with Crippen LogP contribution in [0.2, 0.25) is 0 Å². The summed E-state index contributed by atoms with van der Waals surface area (Å²) in [4.78, 5) is 43.0. The number of carbonyl (C=O) groups excluding carboxylic acids is 1. The van der Waals surface area contributed by atoms with Crippen molar-refractivity contribution in [1.29, 1.82) is 0 Å². The Hall–Kier alpha value is -11.3. The number of amides is 1. The first kappa shape index (κ1) is 75.9. The summed E-state index contributed by atoms with van der Waals surface area (Å²) in [7, 11) is -2.01. The number of carboxylic acids is 1. The van der Waals surface area contributed by atoms with E-state index in [1.54, 1.807) is 143 Å². The molecule has 25 heteroatoms. The first-order valence-electron chi connectivity index (χ1n) is 35.3. The van der Waals surface area contributed by atoms with Crippen LogP contribution in [0.5, 0.6) is 17.2 Å². The van der Waals surface area contributed by atoms with Crippen molar-refractivity contribution in [3.63, 3.8) is 0 Å². The smallest absolute Gasteiger partial charge is 0.496 e. The summed E-state index contributed by atoms with van der Waals surface area (Å²) in [5, 5.41) is 32.2. The first-order chi connectivity index (χ1) is 52.2. The number of benzene rings is 7. The van der Waals surface area contributed by atoms with Crippen molar-refractivity contribution in [2.24, 2.45) is 0 Å². The Morgan fingerprint density at radius 2 is 1.01 bits per heavy atom. The molecule has 15 rings (SSSR count). The number of aromatic nitrogens is 6. The Bertz CT molecular complexity index is 5780. The van der Waals surface area contributed by atoms with E-state index in [0.29, 0.717) is 73.3 Å². The number of hydrogen-bond donors (Lipinski definition) is 4. The fourth-order valence-corrected chi connectivity index (χ4v) is 16.0. The number of para-hydroxylation sites is 3. The topological polar surface area (TPSA) is 286 Å². The number of fused-ring (bicyclic) bond motifs is 3. The Balaban J connectivity index is 0.000000144. The van der Waals surface area contributed by atoms with Crippen LogP contribution in [0.15, 0.2) is 235 Å². The molecular weight excluding hydrogens is 1420 g/mol. The highest BCUT2D eigenvalue weighted by Gasteiger charge is 2.52. The molecule has 558 valence electrons. The van der Waals surface area contributed by atoms with Gasteiger partial charge in [0, 0.05) is 124 Å². The van der Waals surface area contributed by atoms with Crippen molar-refractivity contribution in [1.82, 2.24) is 32.8 Å². The number of nitrogens with zero attached hydrogens (tertiary/aromatic N) is 6. The van der Waals surface area contributed by atoms with Crippen LogP contribution in [0, 0.1) is 13.8 Å². The van der Waals surface area contributed by atoms with E-state index in [0.717, 1.165) is 75.2 Å². The maximum atomic E-state index is 13.7. The molecule has 6 aromatic heterocycles. The molecule has 13 aromatic rings. The fourth-order valence-electron chi connectivity index (χ4n) is 13.3. The van der Waals surface area contributed by atoms with Crippen molar-refractivity contribution < 1.29 is 70.0 Å². The quantitative estimate of drug-likeness (QED) is 0.0547. The molecule has 0 bridgehead atoms. The number of aromatic amines is 1. The molecule has 109 heavy (non-hydrogen) atoms. The van der Waals surface area contributed by atoms with Crippen molar-refractivity contribution in [2.45, 2.75) is 93.7 Å². The number of carbonyl (C=O) groups is 2. The SMILES string of the molecule is COc1ccccc1-c1c[nH]c2ncc(-c3cccc(C(O)C(=O)N(C)CC4CCCO4)c3)cc12.COc1ccccc1-c1cn(S(=O)(=O)c2ccc(C)cc2)c2ncc(-c3cccc(C(O)C(=O)O)c3)cc12.COc1ccccc1-c1cn(S(=O)(=O)c2ccc(C)cc2)c2ncc(B3OC(C)(C)C(C)(C)O3)cc12. The average Bonchev–Trinajstić information content (AvgIpc) is 1.60. The molecular formula is C84H82BN7O15S2. The Kier molecular flexibility index (Phi) is 21.7. The van der Waals surface area contributed by atoms with E-state index < -0.39 is 56.5 Å². The van der Waals surface area contributed by atoms with Crippen molar-refractivity contribution in [2.75, 3.05) is 41.5 Å². The van der Waals surface area contributed by atoms with Crippen LogP contribution in [0.1, 0.15) is 75.0 Å². The second-order valence-corrected chi connectivity index (χ2v) is 31.4. The van der Waals surface area contributed by atoms with Gasteiger partial charge in [0.1, 0.15) is 22.9 Å². The van der Waals surface area contributed by atoms with E-state index in [1.165, 1.54) is 20.2 Å². The molecule has 1 amide bonds. The number of nitrogens with one attached hydrogen (secondary N) is 1. The standard InChI is InChI=1S/C29H24N2O6S.C28H29N3O4.C27H29BN2O5S/c1-18-10-12-22(13-11-18)38(35,36)31-17-25(23-8-3-4-9-26(23)37-2)24-15-21(16-30-28(24)31)19-6-5-7-20(14-19)27(32)29(33)34;1-31(17-21-9-6-12-35-21)28(33)26(32)19-8-5-7-18(13-19)20-14-23-24(16-30-27(23)29-15-20)22-10-3-4-11-25(22)34-2;1-18-11-13-20(14-12-18)36(31,32)30-17-23(21-9-7-8-10-24(21)33-6)22-15-19(16-29-25(22)30)28-34-26(2,3)27(4,5)35-28/h3-17,27,32H,1-2H3,(H,33,34);3-5,7-8,10-11,13-16,21,26,32H,6,9,12,17H2,1-2H3,(H,29,30);7-17H,1-6H3. The number of pyridine rings is 3. The van der Waals surface area contributed by atoms with E-state index in [4.69, 9.17) is 28.3 Å². The summed E-state index contributed by atoms with van der Waals surface area (Å²) in [5.41, 5.74) is 11.4. The summed E-state index contributed by atoms with van der Waals surface area (Å²) >= 11 is 0. The molecule has 0 saturated carbocycles. The number of H-pyrrole nitrogens is 1. The van der Waals surface area contributed by atoms with Gasteiger partial charge < -0.3 is 53.5 Å². The molecule has 0 spiro atoms. The third-order valence-electron chi connectivity index (χ3n) is 20.1. The zero-order chi connectivity index (χ0) is 77.3. The van der Waals surface area contributed by atoms with Gasteiger partial charge >= 0.3 is 13.1 Å². The van der Waals surface area contributed by atoms with Gasteiger partial charge in [0.2, 0.25) is 0 Å². The van der Waals surface area contributed by atoms with Gasteiger partial charge in [-0.25, -0.2) is 44.5 Å². The minimum absolute atomic E-state index is 0.0408. The number of aliphatic hydroxyl groups excluding tert-OH is 2. The third-order valence-corrected chi connectivity index (χ3v) is 23.4. The summed E-state index contributed by atoms with van der Waals surface area (Å²) in [6.45, 7) is 13.0. The van der Waals surface area contributed by atoms with E-state index in [9.17, 15) is 41.7 Å². The van der Waals surface area contributed by atoms with Crippen molar-refractivity contribution >= 4 is 77.6 Å². The highest BCUT2D eigenvalue weighted by atomic mass is 32.2. The van der Waals surface area contributed by atoms with Crippen LogP contribution in [-0.2, 0) is 43.7 Å². The fraction of sp³-hybridized carbons (Fsp3) is 0.226. The summed E-state index contributed by atoms with van der Waals surface area (Å²) in [6, 6.07) is 55.8. The summed E-state index contributed by atoms with van der Waals surface area (Å²) < 4.78 is 92.0. The molecule has 3 unspecified atom stereocenters. The lowest BCUT2D eigenvalue weighted by atomic mass is 9.79. The van der Waals surface area contributed by atoms with Gasteiger partial charge in [-0.15, -0.1) is 0 Å². The van der Waals surface area contributed by atoms with E-state index in [-0.39, 0.29) is 33.0 Å². The Morgan fingerprint density at radius 1 is 0.560 bits per heavy atom. The second-order valence-electron chi connectivity index (χ2n) is 27.8. The zero-order valence-electron chi connectivity index (χ0n) is 61.7. The van der Waals surface area contributed by atoms with E-state index >= 15 is 0 Å². The largest absolute Gasteiger partial charge is 0.496 e. The molecule has 8 heterocycles. The molecule has 0 radical (unpaired) electrons. The predicted octanol–water partition coefficient (Wildman–Crippen LogP) is 14.2. The van der Waals surface area contributed by atoms with Gasteiger partial charge in [-0.2, -0.15) is 0 Å². The predicted molar refractivity (Wildman–Crippen MR) is 420 cm³/mol. The Labute approximate surface area is 632 Å².